The van der Waals surface area contributed by atoms with Gasteiger partial charge in [-0.25, -0.2) is 4.99 Å². The van der Waals surface area contributed by atoms with Crippen LogP contribution in [-0.4, -0.2) is 23.0 Å². The van der Waals surface area contributed by atoms with Crippen molar-refractivity contribution in [2.75, 3.05) is 11.9 Å². The Morgan fingerprint density at radius 3 is 2.70 bits per heavy atom. The summed E-state index contributed by atoms with van der Waals surface area (Å²) >= 11 is 0. The van der Waals surface area contributed by atoms with Crippen LogP contribution >= 0.6 is 0 Å². The Balaban J connectivity index is 1.85. The molecule has 0 aliphatic carbocycles. The number of aromatic nitrogens is 1. The number of aliphatic imine (C=N–C) groups is 1. The number of furan rings is 1. The van der Waals surface area contributed by atoms with Crippen LogP contribution in [0.25, 0.3) is 11.0 Å². The third-order valence-electron chi connectivity index (χ3n) is 3.69. The van der Waals surface area contributed by atoms with Gasteiger partial charge in [-0.2, -0.15) is 0 Å². The number of nitrogens with one attached hydrogen (secondary N) is 1. The third-order valence-corrected chi connectivity index (χ3v) is 3.69. The minimum absolute atomic E-state index is 0.240. The maximum atomic E-state index is 5.99. The molecule has 1 aromatic carbocycles. The van der Waals surface area contributed by atoms with Crippen molar-refractivity contribution >= 4 is 28.2 Å². The first-order chi connectivity index (χ1) is 11.1. The second-order valence-electron chi connectivity index (χ2n) is 6.19. The smallest absolute Gasteiger partial charge is 0.256 e. The van der Waals surface area contributed by atoms with Gasteiger partial charge in [-0.15, -0.1) is 0 Å². The van der Waals surface area contributed by atoms with Crippen molar-refractivity contribution in [1.29, 1.82) is 0 Å². The summed E-state index contributed by atoms with van der Waals surface area (Å²) in [5.74, 6) is 1.15. The average Bonchev–Trinajstić information content (AvgIpc) is 3.09. The highest BCUT2D eigenvalue weighted by Crippen LogP contribution is 2.35. The lowest BCUT2D eigenvalue weighted by molar-refractivity contribution is 0.276. The van der Waals surface area contributed by atoms with Crippen molar-refractivity contribution in [3.05, 3.63) is 54.6 Å². The van der Waals surface area contributed by atoms with Crippen molar-refractivity contribution < 1.29 is 9.15 Å². The third kappa shape index (κ3) is 2.54. The molecular formula is C18H17N3O2. The summed E-state index contributed by atoms with van der Waals surface area (Å²) in [5, 5.41) is 4.31. The van der Waals surface area contributed by atoms with Gasteiger partial charge >= 0.3 is 0 Å². The predicted molar refractivity (Wildman–Crippen MR) is 90.3 cm³/mol. The van der Waals surface area contributed by atoms with Crippen molar-refractivity contribution in [3.8, 4) is 0 Å². The van der Waals surface area contributed by atoms with E-state index in [4.69, 9.17) is 9.15 Å². The van der Waals surface area contributed by atoms with E-state index < -0.39 is 0 Å². The minimum atomic E-state index is -0.240. The van der Waals surface area contributed by atoms with Gasteiger partial charge < -0.3 is 14.5 Å². The molecule has 3 heterocycles. The van der Waals surface area contributed by atoms with Gasteiger partial charge in [0.15, 0.2) is 0 Å². The first-order valence-corrected chi connectivity index (χ1v) is 7.54. The topological polar surface area (TPSA) is 59.7 Å². The molecule has 5 nitrogen and oxygen atoms in total. The number of anilines is 2. The largest absolute Gasteiger partial charge is 0.473 e. The summed E-state index contributed by atoms with van der Waals surface area (Å²) in [6, 6.07) is 11.8. The van der Waals surface area contributed by atoms with Crippen LogP contribution < -0.4 is 5.32 Å². The number of fused-ring (bicyclic) bond motifs is 1. The summed E-state index contributed by atoms with van der Waals surface area (Å²) in [4.78, 5) is 8.83. The molecular weight excluding hydrogens is 290 g/mol. The van der Waals surface area contributed by atoms with Crippen LogP contribution in [0.15, 0.2) is 58.2 Å². The molecule has 0 fully saturated rings. The van der Waals surface area contributed by atoms with Crippen LogP contribution in [0.5, 0.6) is 0 Å². The number of para-hydroxylation sites is 1. The van der Waals surface area contributed by atoms with Crippen LogP contribution in [0.4, 0.5) is 11.4 Å². The number of rotatable bonds is 3. The lowest BCUT2D eigenvalue weighted by atomic mass is 10.1. The Hall–Kier alpha value is -2.82. The monoisotopic (exact) mass is 307 g/mol. The van der Waals surface area contributed by atoms with Crippen LogP contribution in [0, 0.1) is 0 Å². The molecule has 116 valence electrons. The molecule has 0 bridgehead atoms. The van der Waals surface area contributed by atoms with E-state index in [0.29, 0.717) is 18.3 Å². The van der Waals surface area contributed by atoms with E-state index in [9.17, 15) is 0 Å². The molecule has 0 atom stereocenters. The van der Waals surface area contributed by atoms with E-state index in [2.05, 4.69) is 15.3 Å². The van der Waals surface area contributed by atoms with Crippen LogP contribution in [-0.2, 0) is 4.74 Å². The van der Waals surface area contributed by atoms with Gasteiger partial charge in [0.25, 0.3) is 5.90 Å². The molecule has 1 aliphatic heterocycles. The zero-order valence-corrected chi connectivity index (χ0v) is 13.0. The fourth-order valence-electron chi connectivity index (χ4n) is 2.58. The molecule has 1 N–H and O–H groups in total. The molecule has 4 rings (SSSR count). The second-order valence-corrected chi connectivity index (χ2v) is 6.19. The summed E-state index contributed by atoms with van der Waals surface area (Å²) < 4.78 is 11.7. The lowest BCUT2D eigenvalue weighted by Gasteiger charge is -2.07. The Labute approximate surface area is 134 Å². The number of hydrogen-bond donors (Lipinski definition) is 1. The van der Waals surface area contributed by atoms with E-state index in [1.54, 1.807) is 12.4 Å². The molecule has 0 amide bonds. The van der Waals surface area contributed by atoms with Crippen LogP contribution in [0.2, 0.25) is 0 Å². The summed E-state index contributed by atoms with van der Waals surface area (Å²) in [5.41, 5.74) is 2.31. The molecule has 0 unspecified atom stereocenters. The summed E-state index contributed by atoms with van der Waals surface area (Å²) in [6.45, 7) is 4.62. The normalized spacial score (nSPS) is 16.2. The van der Waals surface area contributed by atoms with Gasteiger partial charge in [-0.3, -0.25) is 4.98 Å². The quantitative estimate of drug-likeness (QED) is 0.790. The molecule has 1 aliphatic rings. The SMILES string of the molecule is CC1(C)COC(c2oc3ccncc3c2Nc2ccccc2)=N1. The molecule has 0 spiro atoms. The molecule has 2 aromatic heterocycles. The number of ether oxygens (including phenoxy) is 1. The highest BCUT2D eigenvalue weighted by atomic mass is 16.5. The maximum absolute atomic E-state index is 5.99. The van der Waals surface area contributed by atoms with Crippen molar-refractivity contribution in [2.45, 2.75) is 19.4 Å². The van der Waals surface area contributed by atoms with E-state index in [-0.39, 0.29) is 5.54 Å². The van der Waals surface area contributed by atoms with Crippen molar-refractivity contribution in [1.82, 2.24) is 4.98 Å². The fraction of sp³-hybridized carbons (Fsp3) is 0.222. The van der Waals surface area contributed by atoms with Gasteiger partial charge in [0, 0.05) is 18.1 Å². The Morgan fingerprint density at radius 1 is 1.13 bits per heavy atom. The van der Waals surface area contributed by atoms with E-state index in [0.717, 1.165) is 22.3 Å². The molecule has 23 heavy (non-hydrogen) atoms. The number of nitrogens with zero attached hydrogens (tertiary/aromatic N) is 2. The molecule has 5 heteroatoms. The van der Waals surface area contributed by atoms with Gasteiger partial charge in [-0.1, -0.05) is 18.2 Å². The zero-order chi connectivity index (χ0) is 15.9. The van der Waals surface area contributed by atoms with Gasteiger partial charge in [-0.05, 0) is 32.0 Å². The average molecular weight is 307 g/mol. The lowest BCUT2D eigenvalue weighted by Crippen LogP contribution is -2.17. The highest BCUT2D eigenvalue weighted by Gasteiger charge is 2.31. The second kappa shape index (κ2) is 5.12. The Kier molecular flexibility index (Phi) is 3.08. The molecule has 0 saturated carbocycles. The number of hydrogen-bond acceptors (Lipinski definition) is 5. The van der Waals surface area contributed by atoms with Crippen LogP contribution in [0.3, 0.4) is 0 Å². The summed E-state index contributed by atoms with van der Waals surface area (Å²) in [7, 11) is 0. The van der Waals surface area contributed by atoms with Crippen LogP contribution in [0.1, 0.15) is 19.6 Å². The summed E-state index contributed by atoms with van der Waals surface area (Å²) in [6.07, 6.45) is 3.50. The highest BCUT2D eigenvalue weighted by molar-refractivity contribution is 6.07. The maximum Gasteiger partial charge on any atom is 0.256 e. The first kappa shape index (κ1) is 13.8. The van der Waals surface area contributed by atoms with E-state index in [1.807, 2.05) is 50.2 Å². The standard InChI is InChI=1S/C18H17N3O2/c1-18(2)11-22-17(21-18)16-15(20-12-6-4-3-5-7-12)13-10-19-9-8-14(13)23-16/h3-10,20H,11H2,1-2H3. The van der Waals surface area contributed by atoms with Gasteiger partial charge in [0.1, 0.15) is 17.9 Å². The predicted octanol–water partition coefficient (Wildman–Crippen LogP) is 4.13. The molecule has 0 saturated heterocycles. The fourth-order valence-corrected chi connectivity index (χ4v) is 2.58. The van der Waals surface area contributed by atoms with Gasteiger partial charge in [0.2, 0.25) is 5.76 Å². The number of benzene rings is 1. The molecule has 3 aromatic rings. The van der Waals surface area contributed by atoms with E-state index >= 15 is 0 Å². The Morgan fingerprint density at radius 2 is 1.96 bits per heavy atom. The first-order valence-electron chi connectivity index (χ1n) is 7.54. The zero-order valence-electron chi connectivity index (χ0n) is 13.0. The van der Waals surface area contributed by atoms with Crippen molar-refractivity contribution in [2.24, 2.45) is 4.99 Å². The minimum Gasteiger partial charge on any atom is -0.473 e. The Bertz CT molecular complexity index is 882. The number of pyridine rings is 1. The van der Waals surface area contributed by atoms with E-state index in [1.165, 1.54) is 0 Å². The van der Waals surface area contributed by atoms with Gasteiger partial charge in [0.05, 0.1) is 10.9 Å². The molecule has 0 radical (unpaired) electrons. The van der Waals surface area contributed by atoms with Crippen molar-refractivity contribution in [3.63, 3.8) is 0 Å².